The van der Waals surface area contributed by atoms with Crippen molar-refractivity contribution in [3.8, 4) is 10.6 Å². The summed E-state index contributed by atoms with van der Waals surface area (Å²) in [5.41, 5.74) is 1.03. The first kappa shape index (κ1) is 16.1. The molecule has 1 amide bonds. The quantitative estimate of drug-likeness (QED) is 0.757. The van der Waals surface area contributed by atoms with Gasteiger partial charge in [-0.05, 0) is 43.8 Å². The molecule has 1 aliphatic rings. The molecule has 2 N–H and O–H groups in total. The van der Waals surface area contributed by atoms with E-state index >= 15 is 0 Å². The second-order valence-corrected chi connectivity index (χ2v) is 7.47. The Bertz CT molecular complexity index is 917. The number of piperidine rings is 1. The van der Waals surface area contributed by atoms with E-state index in [1.54, 1.807) is 17.5 Å². The molecular weight excluding hydrogens is 334 g/mol. The Balaban J connectivity index is 1.59. The number of hydrogen-bond donors (Lipinski definition) is 2. The van der Waals surface area contributed by atoms with Crippen LogP contribution >= 0.6 is 11.3 Å². The summed E-state index contributed by atoms with van der Waals surface area (Å²) in [4.78, 5) is 16.8. The van der Waals surface area contributed by atoms with Gasteiger partial charge in [-0.3, -0.25) is 4.79 Å². The second-order valence-electron chi connectivity index (χ2n) is 6.29. The Morgan fingerprint density at radius 1 is 1.28 bits per heavy atom. The number of carbonyl (C=O) groups excluding carboxylic acids is 1. The van der Waals surface area contributed by atoms with Gasteiger partial charge in [0.1, 0.15) is 15.8 Å². The average molecular weight is 353 g/mol. The molecule has 1 aromatic carbocycles. The molecule has 6 nitrogen and oxygen atoms in total. The third-order valence-electron chi connectivity index (χ3n) is 4.41. The fourth-order valence-electron chi connectivity index (χ4n) is 3.06. The second kappa shape index (κ2) is 6.85. The van der Waals surface area contributed by atoms with E-state index in [4.69, 9.17) is 0 Å². The Hall–Kier alpha value is -2.38. The van der Waals surface area contributed by atoms with Crippen molar-refractivity contribution in [3.63, 3.8) is 0 Å². The highest BCUT2D eigenvalue weighted by Gasteiger charge is 2.21. The topological polar surface area (TPSA) is 79.8 Å². The van der Waals surface area contributed by atoms with Gasteiger partial charge in [-0.25, -0.2) is 4.98 Å². The molecule has 4 rings (SSSR count). The van der Waals surface area contributed by atoms with Gasteiger partial charge in [-0.2, -0.15) is 0 Å². The first-order valence-corrected chi connectivity index (χ1v) is 9.22. The van der Waals surface area contributed by atoms with Gasteiger partial charge in [0, 0.05) is 23.7 Å². The molecule has 2 aromatic heterocycles. The predicted octanol–water partition coefficient (Wildman–Crippen LogP) is 3.00. The SMILES string of the molecule is Cc1nnc(-c2ccc3cnc(NC(=O)C4CCCNC4)cc3c2)s1. The van der Waals surface area contributed by atoms with Gasteiger partial charge in [0.2, 0.25) is 5.91 Å². The number of amides is 1. The van der Waals surface area contributed by atoms with Crippen molar-refractivity contribution in [1.29, 1.82) is 0 Å². The Morgan fingerprint density at radius 3 is 2.96 bits per heavy atom. The Labute approximate surface area is 149 Å². The fraction of sp³-hybridized carbons (Fsp3) is 0.333. The normalized spacial score (nSPS) is 17.6. The third-order valence-corrected chi connectivity index (χ3v) is 5.30. The van der Waals surface area contributed by atoms with Crippen LogP contribution in [0.4, 0.5) is 5.82 Å². The minimum atomic E-state index is 0.0157. The maximum absolute atomic E-state index is 12.4. The maximum atomic E-state index is 12.4. The largest absolute Gasteiger partial charge is 0.316 e. The summed E-state index contributed by atoms with van der Waals surface area (Å²) in [5, 5.41) is 18.4. The third kappa shape index (κ3) is 3.52. The summed E-state index contributed by atoms with van der Waals surface area (Å²) in [6.07, 6.45) is 3.75. The molecule has 25 heavy (non-hydrogen) atoms. The van der Waals surface area contributed by atoms with Crippen molar-refractivity contribution >= 4 is 33.8 Å². The van der Waals surface area contributed by atoms with Crippen molar-refractivity contribution in [2.45, 2.75) is 19.8 Å². The molecule has 0 saturated carbocycles. The zero-order chi connectivity index (χ0) is 17.2. The van der Waals surface area contributed by atoms with Crippen LogP contribution in [-0.2, 0) is 4.79 Å². The summed E-state index contributed by atoms with van der Waals surface area (Å²) in [7, 11) is 0. The van der Waals surface area contributed by atoms with Gasteiger partial charge < -0.3 is 10.6 Å². The number of anilines is 1. The molecule has 3 heterocycles. The molecule has 0 aliphatic carbocycles. The number of nitrogens with one attached hydrogen (secondary N) is 2. The lowest BCUT2D eigenvalue weighted by Crippen LogP contribution is -2.37. The summed E-state index contributed by atoms with van der Waals surface area (Å²) >= 11 is 1.57. The van der Waals surface area contributed by atoms with Crippen molar-refractivity contribution < 1.29 is 4.79 Å². The number of carbonyl (C=O) groups is 1. The van der Waals surface area contributed by atoms with E-state index in [9.17, 15) is 4.79 Å². The highest BCUT2D eigenvalue weighted by Crippen LogP contribution is 2.27. The van der Waals surface area contributed by atoms with Crippen LogP contribution in [0.25, 0.3) is 21.3 Å². The lowest BCUT2D eigenvalue weighted by Gasteiger charge is -2.21. The number of aromatic nitrogens is 3. The first-order valence-electron chi connectivity index (χ1n) is 8.41. The standard InChI is InChI=1S/C18H19N5OS/c1-11-22-23-18(25-11)12-4-5-13-10-20-16(8-15(13)7-12)21-17(24)14-3-2-6-19-9-14/h4-5,7-8,10,14,19H,2-3,6,9H2,1H3,(H,20,21,24). The van der Waals surface area contributed by atoms with Crippen LogP contribution in [0.5, 0.6) is 0 Å². The van der Waals surface area contributed by atoms with Crippen molar-refractivity contribution in [2.24, 2.45) is 5.92 Å². The summed E-state index contributed by atoms with van der Waals surface area (Å²) < 4.78 is 0. The number of nitrogens with zero attached hydrogens (tertiary/aromatic N) is 3. The fourth-order valence-corrected chi connectivity index (χ4v) is 3.75. The van der Waals surface area contributed by atoms with E-state index in [2.05, 4.69) is 31.9 Å². The molecule has 128 valence electrons. The van der Waals surface area contributed by atoms with E-state index in [0.717, 1.165) is 52.3 Å². The lowest BCUT2D eigenvalue weighted by atomic mass is 9.99. The molecule has 0 spiro atoms. The summed E-state index contributed by atoms with van der Waals surface area (Å²) in [6, 6.07) is 8.02. The van der Waals surface area contributed by atoms with E-state index in [1.165, 1.54) is 0 Å². The number of aryl methyl sites for hydroxylation is 1. The van der Waals surface area contributed by atoms with Crippen molar-refractivity contribution in [3.05, 3.63) is 35.5 Å². The van der Waals surface area contributed by atoms with Crippen LogP contribution in [0, 0.1) is 12.8 Å². The predicted molar refractivity (Wildman–Crippen MR) is 99.6 cm³/mol. The van der Waals surface area contributed by atoms with Gasteiger partial charge in [0.15, 0.2) is 0 Å². The molecule has 0 radical (unpaired) electrons. The number of hydrogen-bond acceptors (Lipinski definition) is 6. The van der Waals surface area contributed by atoms with Crippen LogP contribution in [0.1, 0.15) is 17.8 Å². The first-order chi connectivity index (χ1) is 12.2. The number of rotatable bonds is 3. The average Bonchev–Trinajstić information content (AvgIpc) is 3.08. The molecule has 3 aromatic rings. The highest BCUT2D eigenvalue weighted by atomic mass is 32.1. The molecule has 1 saturated heterocycles. The lowest BCUT2D eigenvalue weighted by molar-refractivity contribution is -0.120. The zero-order valence-corrected chi connectivity index (χ0v) is 14.8. The highest BCUT2D eigenvalue weighted by molar-refractivity contribution is 7.14. The Morgan fingerprint density at radius 2 is 2.20 bits per heavy atom. The molecular formula is C18H19N5OS. The van der Waals surface area contributed by atoms with Gasteiger partial charge in [-0.15, -0.1) is 10.2 Å². The van der Waals surface area contributed by atoms with Gasteiger partial charge in [0.05, 0.1) is 5.92 Å². The summed E-state index contributed by atoms with van der Waals surface area (Å²) in [6.45, 7) is 3.67. The maximum Gasteiger partial charge on any atom is 0.229 e. The molecule has 7 heteroatoms. The molecule has 1 aliphatic heterocycles. The number of fused-ring (bicyclic) bond motifs is 1. The van der Waals surface area contributed by atoms with E-state index < -0.39 is 0 Å². The number of pyridine rings is 1. The van der Waals surface area contributed by atoms with Crippen LogP contribution < -0.4 is 10.6 Å². The van der Waals surface area contributed by atoms with Gasteiger partial charge >= 0.3 is 0 Å². The van der Waals surface area contributed by atoms with E-state index in [-0.39, 0.29) is 11.8 Å². The minimum Gasteiger partial charge on any atom is -0.316 e. The van der Waals surface area contributed by atoms with Crippen molar-refractivity contribution in [1.82, 2.24) is 20.5 Å². The molecule has 1 unspecified atom stereocenters. The monoisotopic (exact) mass is 353 g/mol. The minimum absolute atomic E-state index is 0.0157. The molecule has 1 atom stereocenters. The molecule has 0 bridgehead atoms. The van der Waals surface area contributed by atoms with E-state index in [1.807, 2.05) is 25.1 Å². The van der Waals surface area contributed by atoms with Crippen LogP contribution in [-0.4, -0.2) is 34.2 Å². The summed E-state index contributed by atoms with van der Waals surface area (Å²) in [5.74, 6) is 0.644. The Kier molecular flexibility index (Phi) is 4.42. The van der Waals surface area contributed by atoms with Crippen LogP contribution in [0.15, 0.2) is 30.5 Å². The van der Waals surface area contributed by atoms with Gasteiger partial charge in [-0.1, -0.05) is 23.5 Å². The zero-order valence-electron chi connectivity index (χ0n) is 14.0. The van der Waals surface area contributed by atoms with Crippen LogP contribution in [0.3, 0.4) is 0 Å². The van der Waals surface area contributed by atoms with Crippen LogP contribution in [0.2, 0.25) is 0 Å². The van der Waals surface area contributed by atoms with Crippen molar-refractivity contribution in [2.75, 3.05) is 18.4 Å². The molecule has 1 fully saturated rings. The smallest absolute Gasteiger partial charge is 0.229 e. The number of benzene rings is 1. The van der Waals surface area contributed by atoms with Gasteiger partial charge in [0.25, 0.3) is 0 Å². The van der Waals surface area contributed by atoms with E-state index in [0.29, 0.717) is 5.82 Å².